The van der Waals surface area contributed by atoms with Crippen molar-refractivity contribution in [2.75, 3.05) is 0 Å². The number of aromatic nitrogens is 5. The molecule has 132 valence electrons. The van der Waals surface area contributed by atoms with Gasteiger partial charge in [0, 0.05) is 24.4 Å². The van der Waals surface area contributed by atoms with Gasteiger partial charge in [0.25, 0.3) is 0 Å². The van der Waals surface area contributed by atoms with Gasteiger partial charge >= 0.3 is 5.97 Å². The summed E-state index contributed by atoms with van der Waals surface area (Å²) in [5.41, 5.74) is 2.61. The molecule has 4 rings (SSSR count). The maximum Gasteiger partial charge on any atom is 0.312 e. The van der Waals surface area contributed by atoms with Crippen molar-refractivity contribution in [2.24, 2.45) is 7.05 Å². The third-order valence-corrected chi connectivity index (χ3v) is 5.26. The molecule has 0 saturated heterocycles. The van der Waals surface area contributed by atoms with Gasteiger partial charge in [-0.05, 0) is 6.07 Å². The zero-order valence-corrected chi connectivity index (χ0v) is 15.1. The third-order valence-electron chi connectivity index (χ3n) is 3.67. The Morgan fingerprint density at radius 3 is 2.88 bits per heavy atom. The van der Waals surface area contributed by atoms with Crippen LogP contribution in [0.5, 0.6) is 0 Å². The van der Waals surface area contributed by atoms with Crippen LogP contribution in [0.1, 0.15) is 16.8 Å². The highest BCUT2D eigenvalue weighted by Gasteiger charge is 2.16. The van der Waals surface area contributed by atoms with Crippen LogP contribution in [0.2, 0.25) is 5.02 Å². The zero-order valence-electron chi connectivity index (χ0n) is 13.5. The standard InChI is InChI=1S/C16H12ClN5O3S/c1-22-7-8(6-18-22)9-2-3-10-16(15(9)17)26-13(19-10)4-11-20-21-12(25-11)5-14(23)24/h2-3,6-7H,4-5H2,1H3,(H,23,24). The van der Waals surface area contributed by atoms with Crippen LogP contribution in [0.25, 0.3) is 21.3 Å². The van der Waals surface area contributed by atoms with Gasteiger partial charge in [0.05, 0.1) is 27.9 Å². The Morgan fingerprint density at radius 1 is 1.35 bits per heavy atom. The number of carboxylic acid groups (broad SMARTS) is 1. The topological polar surface area (TPSA) is 107 Å². The van der Waals surface area contributed by atoms with Crippen molar-refractivity contribution in [3.8, 4) is 11.1 Å². The van der Waals surface area contributed by atoms with Crippen molar-refractivity contribution in [3.05, 3.63) is 46.3 Å². The molecular formula is C16H12ClN5O3S. The number of aryl methyl sites for hydroxylation is 1. The molecule has 10 heteroatoms. The van der Waals surface area contributed by atoms with Gasteiger partial charge < -0.3 is 9.52 Å². The molecule has 0 spiro atoms. The Labute approximate surface area is 156 Å². The van der Waals surface area contributed by atoms with E-state index in [4.69, 9.17) is 21.1 Å². The molecule has 0 radical (unpaired) electrons. The number of fused-ring (bicyclic) bond motifs is 1. The minimum absolute atomic E-state index is 0.0745. The van der Waals surface area contributed by atoms with Crippen LogP contribution in [0.15, 0.2) is 28.9 Å². The van der Waals surface area contributed by atoms with Crippen molar-refractivity contribution in [3.63, 3.8) is 0 Å². The number of benzene rings is 1. The Balaban J connectivity index is 1.64. The van der Waals surface area contributed by atoms with E-state index in [1.807, 2.05) is 25.4 Å². The molecule has 4 aromatic rings. The molecule has 0 aliphatic carbocycles. The lowest BCUT2D eigenvalue weighted by molar-refractivity contribution is -0.136. The second-order valence-electron chi connectivity index (χ2n) is 5.62. The summed E-state index contributed by atoms with van der Waals surface area (Å²) in [4.78, 5) is 15.2. The van der Waals surface area contributed by atoms with Crippen LogP contribution in [0.4, 0.5) is 0 Å². The van der Waals surface area contributed by atoms with Crippen molar-refractivity contribution >= 4 is 39.1 Å². The quantitative estimate of drug-likeness (QED) is 0.559. The predicted molar refractivity (Wildman–Crippen MR) is 95.3 cm³/mol. The maximum atomic E-state index is 10.7. The molecule has 1 N–H and O–H groups in total. The Hall–Kier alpha value is -2.78. The van der Waals surface area contributed by atoms with Gasteiger partial charge in [-0.25, -0.2) is 4.98 Å². The molecule has 8 nitrogen and oxygen atoms in total. The van der Waals surface area contributed by atoms with E-state index in [2.05, 4.69) is 20.3 Å². The molecule has 0 aliphatic heterocycles. The fourth-order valence-corrected chi connectivity index (χ4v) is 3.93. The number of rotatable bonds is 5. The number of thiazole rings is 1. The van der Waals surface area contributed by atoms with Gasteiger partial charge in [0.2, 0.25) is 11.8 Å². The summed E-state index contributed by atoms with van der Waals surface area (Å²) < 4.78 is 7.93. The smallest absolute Gasteiger partial charge is 0.312 e. The van der Waals surface area contributed by atoms with E-state index in [1.54, 1.807) is 10.9 Å². The highest BCUT2D eigenvalue weighted by molar-refractivity contribution is 7.19. The second kappa shape index (κ2) is 6.50. The van der Waals surface area contributed by atoms with Crippen LogP contribution in [-0.2, 0) is 24.7 Å². The van der Waals surface area contributed by atoms with Gasteiger partial charge in [-0.1, -0.05) is 17.7 Å². The van der Waals surface area contributed by atoms with E-state index < -0.39 is 5.97 Å². The summed E-state index contributed by atoms with van der Waals surface area (Å²) in [6, 6.07) is 3.83. The largest absolute Gasteiger partial charge is 0.481 e. The summed E-state index contributed by atoms with van der Waals surface area (Å²) in [7, 11) is 1.85. The lowest BCUT2D eigenvalue weighted by Gasteiger charge is -2.01. The molecule has 0 fully saturated rings. The SMILES string of the molecule is Cn1cc(-c2ccc3nc(Cc4nnc(CC(=O)O)o4)sc3c2Cl)cn1. The molecule has 0 aliphatic rings. The van der Waals surface area contributed by atoms with Crippen LogP contribution in [0.3, 0.4) is 0 Å². The summed E-state index contributed by atoms with van der Waals surface area (Å²) in [5, 5.41) is 21.9. The minimum atomic E-state index is -1.02. The molecule has 0 saturated carbocycles. The number of carboxylic acids is 1. The van der Waals surface area contributed by atoms with Crippen molar-refractivity contribution in [1.82, 2.24) is 25.0 Å². The van der Waals surface area contributed by atoms with E-state index >= 15 is 0 Å². The van der Waals surface area contributed by atoms with Crippen molar-refractivity contribution in [1.29, 1.82) is 0 Å². The number of carbonyl (C=O) groups is 1. The molecule has 0 amide bonds. The Morgan fingerprint density at radius 2 is 2.15 bits per heavy atom. The molecule has 1 aromatic carbocycles. The first-order chi connectivity index (χ1) is 12.5. The number of halogens is 1. The minimum Gasteiger partial charge on any atom is -0.481 e. The summed E-state index contributed by atoms with van der Waals surface area (Å²) in [5.74, 6) is -0.621. The second-order valence-corrected chi connectivity index (χ2v) is 7.08. The highest BCUT2D eigenvalue weighted by Crippen LogP contribution is 2.37. The number of hydrogen-bond acceptors (Lipinski definition) is 7. The Bertz CT molecular complexity index is 1120. The van der Waals surface area contributed by atoms with E-state index in [-0.39, 0.29) is 12.3 Å². The van der Waals surface area contributed by atoms with E-state index in [0.29, 0.717) is 17.3 Å². The first-order valence-corrected chi connectivity index (χ1v) is 8.79. The molecule has 0 unspecified atom stereocenters. The average molecular weight is 390 g/mol. The van der Waals surface area contributed by atoms with E-state index in [1.165, 1.54) is 11.3 Å². The maximum absolute atomic E-state index is 10.7. The van der Waals surface area contributed by atoms with Crippen LogP contribution in [0, 0.1) is 0 Å². The average Bonchev–Trinajstić information content (AvgIpc) is 3.28. The van der Waals surface area contributed by atoms with Gasteiger partial charge in [0.15, 0.2) is 0 Å². The molecule has 0 atom stereocenters. The van der Waals surface area contributed by atoms with Crippen LogP contribution < -0.4 is 0 Å². The summed E-state index contributed by atoms with van der Waals surface area (Å²) in [6.07, 6.45) is 3.69. The number of nitrogens with zero attached hydrogens (tertiary/aromatic N) is 5. The highest BCUT2D eigenvalue weighted by atomic mass is 35.5. The van der Waals surface area contributed by atoms with Crippen LogP contribution >= 0.6 is 22.9 Å². The molecule has 3 heterocycles. The first kappa shape index (κ1) is 16.7. The van der Waals surface area contributed by atoms with E-state index in [9.17, 15) is 4.79 Å². The summed E-state index contributed by atoms with van der Waals surface area (Å²) in [6.45, 7) is 0. The number of aliphatic carboxylic acids is 1. The third kappa shape index (κ3) is 3.18. The molecule has 0 bridgehead atoms. The van der Waals surface area contributed by atoms with Gasteiger partial charge in [-0.2, -0.15) is 5.10 Å². The lowest BCUT2D eigenvalue weighted by atomic mass is 10.1. The Kier molecular flexibility index (Phi) is 4.17. The predicted octanol–water partition coefficient (Wildman–Crippen LogP) is 2.95. The fraction of sp³-hybridized carbons (Fsp3) is 0.188. The normalized spacial score (nSPS) is 11.3. The number of hydrogen-bond donors (Lipinski definition) is 1. The summed E-state index contributed by atoms with van der Waals surface area (Å²) >= 11 is 8.02. The fourth-order valence-electron chi connectivity index (χ4n) is 2.55. The van der Waals surface area contributed by atoms with Gasteiger partial charge in [-0.15, -0.1) is 21.5 Å². The van der Waals surface area contributed by atoms with Gasteiger partial charge in [-0.3, -0.25) is 9.48 Å². The molecular weight excluding hydrogens is 378 g/mol. The molecule has 3 aromatic heterocycles. The first-order valence-electron chi connectivity index (χ1n) is 7.59. The zero-order chi connectivity index (χ0) is 18.3. The monoisotopic (exact) mass is 389 g/mol. The van der Waals surface area contributed by atoms with Crippen molar-refractivity contribution < 1.29 is 14.3 Å². The molecule has 26 heavy (non-hydrogen) atoms. The van der Waals surface area contributed by atoms with Gasteiger partial charge in [0.1, 0.15) is 11.4 Å². The van der Waals surface area contributed by atoms with Crippen LogP contribution in [-0.4, -0.2) is 36.0 Å². The van der Waals surface area contributed by atoms with Crippen molar-refractivity contribution in [2.45, 2.75) is 12.8 Å². The van der Waals surface area contributed by atoms with E-state index in [0.717, 1.165) is 26.4 Å². The lowest BCUT2D eigenvalue weighted by Crippen LogP contribution is -1.99.